The van der Waals surface area contributed by atoms with Crippen LogP contribution in [0.25, 0.3) is 11.0 Å². The van der Waals surface area contributed by atoms with Crippen molar-refractivity contribution in [1.82, 2.24) is 9.55 Å². The molecule has 0 spiro atoms. The molecular formula is C11H10ClFN2O2. The highest BCUT2D eigenvalue weighted by molar-refractivity contribution is 6.29. The van der Waals surface area contributed by atoms with E-state index in [1.807, 2.05) is 0 Å². The third kappa shape index (κ3) is 2.39. The lowest BCUT2D eigenvalue weighted by Crippen LogP contribution is -2.22. The lowest BCUT2D eigenvalue weighted by molar-refractivity contribution is -0.146. The van der Waals surface area contributed by atoms with Crippen molar-refractivity contribution in [2.24, 2.45) is 0 Å². The van der Waals surface area contributed by atoms with E-state index in [0.29, 0.717) is 10.8 Å². The van der Waals surface area contributed by atoms with Crippen molar-refractivity contribution < 1.29 is 13.9 Å². The molecular weight excluding hydrogens is 247 g/mol. The van der Waals surface area contributed by atoms with Crippen molar-refractivity contribution in [2.75, 3.05) is 7.11 Å². The maximum absolute atomic E-state index is 13.4. The van der Waals surface area contributed by atoms with Gasteiger partial charge < -0.3 is 9.30 Å². The summed E-state index contributed by atoms with van der Waals surface area (Å²) in [6.45, 7) is -0.135. The zero-order chi connectivity index (χ0) is 12.4. The van der Waals surface area contributed by atoms with Gasteiger partial charge in [-0.3, -0.25) is 0 Å². The van der Waals surface area contributed by atoms with Crippen LogP contribution in [-0.4, -0.2) is 28.8 Å². The zero-order valence-corrected chi connectivity index (χ0v) is 9.82. The number of halogens is 2. The molecule has 17 heavy (non-hydrogen) atoms. The van der Waals surface area contributed by atoms with E-state index >= 15 is 0 Å². The Morgan fingerprint density at radius 1 is 1.59 bits per heavy atom. The van der Waals surface area contributed by atoms with E-state index in [0.717, 1.165) is 12.5 Å². The molecule has 0 radical (unpaired) electrons. The molecule has 0 saturated heterocycles. The molecule has 1 unspecified atom stereocenters. The van der Waals surface area contributed by atoms with Crippen molar-refractivity contribution in [2.45, 2.75) is 12.7 Å². The number of fused-ring (bicyclic) bond motifs is 1. The summed E-state index contributed by atoms with van der Waals surface area (Å²) in [5, 5.41) is 1.16. The topological polar surface area (TPSA) is 44.1 Å². The highest BCUT2D eigenvalue weighted by Gasteiger charge is 2.19. The number of esters is 1. The SMILES string of the molecule is COC(=O)C(F)Cn1ccc2ccc(Cl)nc21. The average Bonchev–Trinajstić information content (AvgIpc) is 2.71. The molecule has 2 aromatic heterocycles. The summed E-state index contributed by atoms with van der Waals surface area (Å²) in [5.74, 6) is -0.895. The minimum Gasteiger partial charge on any atom is -0.467 e. The largest absolute Gasteiger partial charge is 0.467 e. The number of methoxy groups -OCH3 is 1. The second-order valence-electron chi connectivity index (χ2n) is 3.51. The summed E-state index contributed by atoms with van der Waals surface area (Å²) < 4.78 is 19.3. The summed E-state index contributed by atoms with van der Waals surface area (Å²) in [7, 11) is 1.15. The highest BCUT2D eigenvalue weighted by atomic mass is 35.5. The smallest absolute Gasteiger partial charge is 0.342 e. The number of carbonyl (C=O) groups is 1. The van der Waals surface area contributed by atoms with E-state index in [1.165, 1.54) is 4.57 Å². The normalized spacial score (nSPS) is 12.6. The lowest BCUT2D eigenvalue weighted by Gasteiger charge is -2.08. The van der Waals surface area contributed by atoms with Gasteiger partial charge in [-0.25, -0.2) is 14.2 Å². The van der Waals surface area contributed by atoms with Crippen LogP contribution in [0.5, 0.6) is 0 Å². The number of hydrogen-bond donors (Lipinski definition) is 0. The standard InChI is InChI=1S/C11H10ClFN2O2/c1-17-11(16)8(13)6-15-5-4-7-2-3-9(12)14-10(7)15/h2-5,8H,6H2,1H3. The Bertz CT molecular complexity index is 555. The zero-order valence-electron chi connectivity index (χ0n) is 9.06. The highest BCUT2D eigenvalue weighted by Crippen LogP contribution is 2.17. The third-order valence-corrected chi connectivity index (χ3v) is 2.60. The van der Waals surface area contributed by atoms with E-state index in [2.05, 4.69) is 9.72 Å². The van der Waals surface area contributed by atoms with Crippen LogP contribution in [0, 0.1) is 0 Å². The Labute approximate surface area is 102 Å². The molecule has 0 aliphatic heterocycles. The van der Waals surface area contributed by atoms with Gasteiger partial charge in [0, 0.05) is 11.6 Å². The fourth-order valence-electron chi connectivity index (χ4n) is 1.56. The van der Waals surface area contributed by atoms with Gasteiger partial charge in [-0.15, -0.1) is 0 Å². The maximum atomic E-state index is 13.4. The monoisotopic (exact) mass is 256 g/mol. The molecule has 0 saturated carbocycles. The maximum Gasteiger partial charge on any atom is 0.342 e. The van der Waals surface area contributed by atoms with Crippen LogP contribution in [0.15, 0.2) is 24.4 Å². The summed E-state index contributed by atoms with van der Waals surface area (Å²) in [6.07, 6.45) is -0.0554. The number of aromatic nitrogens is 2. The van der Waals surface area contributed by atoms with Crippen molar-refractivity contribution in [3.8, 4) is 0 Å². The van der Waals surface area contributed by atoms with Gasteiger partial charge in [-0.1, -0.05) is 11.6 Å². The molecule has 4 nitrogen and oxygen atoms in total. The summed E-state index contributed by atoms with van der Waals surface area (Å²) in [6, 6.07) is 5.22. The van der Waals surface area contributed by atoms with E-state index in [-0.39, 0.29) is 6.54 Å². The van der Waals surface area contributed by atoms with E-state index in [1.54, 1.807) is 24.4 Å². The molecule has 2 heterocycles. The first kappa shape index (κ1) is 11.9. The first-order chi connectivity index (χ1) is 8.11. The predicted molar refractivity (Wildman–Crippen MR) is 61.7 cm³/mol. The Morgan fingerprint density at radius 3 is 3.06 bits per heavy atom. The van der Waals surface area contributed by atoms with Crippen molar-refractivity contribution in [3.63, 3.8) is 0 Å². The Morgan fingerprint density at radius 2 is 2.35 bits per heavy atom. The fraction of sp³-hybridized carbons (Fsp3) is 0.273. The summed E-state index contributed by atoms with van der Waals surface area (Å²) >= 11 is 5.76. The Kier molecular flexibility index (Phi) is 3.28. The second-order valence-corrected chi connectivity index (χ2v) is 3.89. The molecule has 0 N–H and O–H groups in total. The first-order valence-corrected chi connectivity index (χ1v) is 5.33. The van der Waals surface area contributed by atoms with Gasteiger partial charge in [0.05, 0.1) is 13.7 Å². The molecule has 0 aromatic carbocycles. The number of nitrogens with zero attached hydrogens (tertiary/aromatic N) is 2. The molecule has 2 aromatic rings. The molecule has 90 valence electrons. The molecule has 0 bridgehead atoms. The van der Waals surface area contributed by atoms with Crippen LogP contribution < -0.4 is 0 Å². The van der Waals surface area contributed by atoms with Gasteiger partial charge in [0.15, 0.2) is 0 Å². The number of pyridine rings is 1. The number of rotatable bonds is 3. The number of hydrogen-bond acceptors (Lipinski definition) is 3. The van der Waals surface area contributed by atoms with Gasteiger partial charge in [0.25, 0.3) is 0 Å². The van der Waals surface area contributed by atoms with Crippen molar-refractivity contribution >= 4 is 28.6 Å². The van der Waals surface area contributed by atoms with Gasteiger partial charge in [0.1, 0.15) is 10.8 Å². The van der Waals surface area contributed by atoms with Crippen LogP contribution in [0.1, 0.15) is 0 Å². The molecule has 0 aliphatic rings. The minimum atomic E-state index is -1.71. The van der Waals surface area contributed by atoms with E-state index in [4.69, 9.17) is 11.6 Å². The Balaban J connectivity index is 2.30. The van der Waals surface area contributed by atoms with Crippen LogP contribution in [0.3, 0.4) is 0 Å². The quantitative estimate of drug-likeness (QED) is 0.625. The van der Waals surface area contributed by atoms with Crippen molar-refractivity contribution in [3.05, 3.63) is 29.5 Å². The molecule has 2 rings (SSSR count). The summed E-state index contributed by atoms with van der Waals surface area (Å²) in [4.78, 5) is 15.1. The van der Waals surface area contributed by atoms with E-state index < -0.39 is 12.1 Å². The summed E-state index contributed by atoms with van der Waals surface area (Å²) in [5.41, 5.74) is 0.545. The van der Waals surface area contributed by atoms with Crippen LogP contribution >= 0.6 is 11.6 Å². The number of ether oxygens (including phenoxy) is 1. The lowest BCUT2D eigenvalue weighted by atomic mass is 10.3. The van der Waals surface area contributed by atoms with E-state index in [9.17, 15) is 9.18 Å². The molecule has 1 atom stereocenters. The van der Waals surface area contributed by atoms with Gasteiger partial charge >= 0.3 is 5.97 Å². The van der Waals surface area contributed by atoms with Crippen LogP contribution in [0.2, 0.25) is 5.15 Å². The van der Waals surface area contributed by atoms with Crippen LogP contribution in [0.4, 0.5) is 4.39 Å². The molecule has 0 fully saturated rings. The van der Waals surface area contributed by atoms with Crippen LogP contribution in [-0.2, 0) is 16.1 Å². The average molecular weight is 257 g/mol. The number of carbonyl (C=O) groups excluding carboxylic acids is 1. The van der Waals surface area contributed by atoms with Gasteiger partial charge in [-0.05, 0) is 18.2 Å². The van der Waals surface area contributed by atoms with Crippen molar-refractivity contribution in [1.29, 1.82) is 0 Å². The van der Waals surface area contributed by atoms with Gasteiger partial charge in [0.2, 0.25) is 6.17 Å². The first-order valence-electron chi connectivity index (χ1n) is 4.95. The predicted octanol–water partition coefficient (Wildman–Crippen LogP) is 2.20. The Hall–Kier alpha value is -1.62. The second kappa shape index (κ2) is 4.71. The number of alkyl halides is 1. The molecule has 0 aliphatic carbocycles. The minimum absolute atomic E-state index is 0.135. The molecule has 6 heteroatoms. The third-order valence-electron chi connectivity index (χ3n) is 2.39. The fourth-order valence-corrected chi connectivity index (χ4v) is 1.70. The van der Waals surface area contributed by atoms with Gasteiger partial charge in [-0.2, -0.15) is 0 Å². The molecule has 0 amide bonds.